The Morgan fingerprint density at radius 1 is 1.19 bits per heavy atom. The van der Waals surface area contributed by atoms with Crippen molar-refractivity contribution in [2.45, 2.75) is 24.7 Å². The Balaban J connectivity index is 1.64. The topological polar surface area (TPSA) is 101 Å². The van der Waals surface area contributed by atoms with E-state index in [2.05, 4.69) is 14.7 Å². The van der Waals surface area contributed by atoms with Gasteiger partial charge in [-0.3, -0.25) is 9.52 Å². The number of ether oxygens (including phenoxy) is 1. The zero-order valence-electron chi connectivity index (χ0n) is 17.5. The number of fused-ring (bicyclic) bond motifs is 1. The lowest BCUT2D eigenvalue weighted by Gasteiger charge is -2.29. The lowest BCUT2D eigenvalue weighted by Crippen LogP contribution is -2.36. The predicted octanol–water partition coefficient (Wildman–Crippen LogP) is 3.84. The van der Waals surface area contributed by atoms with Crippen LogP contribution >= 0.6 is 11.6 Å². The van der Waals surface area contributed by atoms with E-state index in [4.69, 9.17) is 16.3 Å². The van der Waals surface area contributed by atoms with Crippen molar-refractivity contribution in [3.63, 3.8) is 0 Å². The molecule has 1 aliphatic rings. The molecule has 0 unspecified atom stereocenters. The Kier molecular flexibility index (Phi) is 6.03. The Bertz CT molecular complexity index is 1280. The number of carbonyl (C=O) groups is 1. The van der Waals surface area contributed by atoms with Crippen LogP contribution in [0.5, 0.6) is 5.75 Å². The van der Waals surface area contributed by atoms with E-state index in [1.807, 2.05) is 0 Å². The lowest BCUT2D eigenvalue weighted by atomic mass is 10.0. The number of anilines is 2. The number of aryl methyl sites for hydroxylation is 2. The zero-order chi connectivity index (χ0) is 22.9. The van der Waals surface area contributed by atoms with Crippen LogP contribution in [-0.2, 0) is 16.4 Å². The van der Waals surface area contributed by atoms with Crippen LogP contribution in [0.25, 0.3) is 0 Å². The Labute approximate surface area is 191 Å². The van der Waals surface area contributed by atoms with Gasteiger partial charge in [-0.2, -0.15) is 0 Å². The average Bonchev–Trinajstić information content (AvgIpc) is 2.79. The molecule has 10 heteroatoms. The lowest BCUT2D eigenvalue weighted by molar-refractivity contribution is 0.0975. The highest BCUT2D eigenvalue weighted by Gasteiger charge is 2.27. The molecule has 0 radical (unpaired) electrons. The summed E-state index contributed by atoms with van der Waals surface area (Å²) in [5.74, 6) is 0.0318. The monoisotopic (exact) mass is 472 g/mol. The summed E-state index contributed by atoms with van der Waals surface area (Å²) < 4.78 is 33.9. The number of hydrogen-bond acceptors (Lipinski definition) is 6. The number of benzene rings is 2. The van der Waals surface area contributed by atoms with Gasteiger partial charge in [-0.25, -0.2) is 18.4 Å². The van der Waals surface area contributed by atoms with Crippen molar-refractivity contribution < 1.29 is 17.9 Å². The first-order chi connectivity index (χ1) is 15.3. The molecule has 4 rings (SSSR count). The zero-order valence-corrected chi connectivity index (χ0v) is 19.1. The molecule has 1 amide bonds. The predicted molar refractivity (Wildman–Crippen MR) is 122 cm³/mol. The van der Waals surface area contributed by atoms with Crippen LogP contribution in [0.1, 0.15) is 28.2 Å². The number of aromatic nitrogens is 2. The van der Waals surface area contributed by atoms with Gasteiger partial charge < -0.3 is 9.64 Å². The fraction of sp³-hybridized carbons (Fsp3) is 0.227. The summed E-state index contributed by atoms with van der Waals surface area (Å²) in [4.78, 5) is 22.5. The molecule has 0 fully saturated rings. The number of amides is 1. The molecule has 0 saturated heterocycles. The highest BCUT2D eigenvalue weighted by molar-refractivity contribution is 7.92. The SMILES string of the molecule is COc1cc(C)c(Cl)cc1S(=O)(=O)Nc1ccc2c(c1)CCCN2C(=O)c1ncccn1. The highest BCUT2D eigenvalue weighted by atomic mass is 35.5. The summed E-state index contributed by atoms with van der Waals surface area (Å²) in [5, 5.41) is 0.328. The summed E-state index contributed by atoms with van der Waals surface area (Å²) in [6.07, 6.45) is 4.50. The second kappa shape index (κ2) is 8.76. The maximum atomic E-state index is 13.0. The minimum Gasteiger partial charge on any atom is -0.495 e. The van der Waals surface area contributed by atoms with Crippen LogP contribution in [0.3, 0.4) is 0 Å². The molecule has 0 bridgehead atoms. The molecule has 0 atom stereocenters. The first-order valence-corrected chi connectivity index (χ1v) is 11.7. The Morgan fingerprint density at radius 3 is 2.66 bits per heavy atom. The van der Waals surface area contributed by atoms with Gasteiger partial charge in [0, 0.05) is 35.3 Å². The molecule has 2 aromatic carbocycles. The van der Waals surface area contributed by atoms with Gasteiger partial charge in [-0.15, -0.1) is 0 Å². The third-order valence-electron chi connectivity index (χ3n) is 5.19. The maximum absolute atomic E-state index is 13.0. The van der Waals surface area contributed by atoms with Crippen LogP contribution in [0.15, 0.2) is 53.7 Å². The summed E-state index contributed by atoms with van der Waals surface area (Å²) in [7, 11) is -2.55. The van der Waals surface area contributed by atoms with E-state index < -0.39 is 10.0 Å². The van der Waals surface area contributed by atoms with Gasteiger partial charge in [0.15, 0.2) is 0 Å². The van der Waals surface area contributed by atoms with Crippen molar-refractivity contribution in [1.82, 2.24) is 9.97 Å². The molecule has 3 aromatic rings. The minimum atomic E-state index is -3.95. The number of methoxy groups -OCH3 is 1. The third-order valence-corrected chi connectivity index (χ3v) is 7.00. The van der Waals surface area contributed by atoms with Crippen molar-refractivity contribution in [3.05, 3.63) is 70.8 Å². The quantitative estimate of drug-likeness (QED) is 0.605. The molecular formula is C22H21ClN4O4S. The minimum absolute atomic E-state index is 0.0497. The van der Waals surface area contributed by atoms with Crippen LogP contribution in [0.4, 0.5) is 11.4 Å². The fourth-order valence-electron chi connectivity index (χ4n) is 3.62. The number of sulfonamides is 1. The number of nitrogens with one attached hydrogen (secondary N) is 1. The molecule has 0 saturated carbocycles. The summed E-state index contributed by atoms with van der Waals surface area (Å²) in [6.45, 7) is 2.31. The van der Waals surface area contributed by atoms with Gasteiger partial charge >= 0.3 is 0 Å². The van der Waals surface area contributed by atoms with Gasteiger partial charge in [0.05, 0.1) is 7.11 Å². The second-order valence-electron chi connectivity index (χ2n) is 7.33. The summed E-state index contributed by atoms with van der Waals surface area (Å²) >= 11 is 6.15. The Morgan fingerprint density at radius 2 is 1.94 bits per heavy atom. The normalized spacial score (nSPS) is 13.4. The average molecular weight is 473 g/mol. The largest absolute Gasteiger partial charge is 0.495 e. The van der Waals surface area contributed by atoms with Crippen LogP contribution in [-0.4, -0.2) is 37.9 Å². The number of halogens is 1. The molecular weight excluding hydrogens is 452 g/mol. The second-order valence-corrected chi connectivity index (χ2v) is 9.39. The van der Waals surface area contributed by atoms with Crippen molar-refractivity contribution >= 4 is 38.9 Å². The maximum Gasteiger partial charge on any atom is 0.296 e. The van der Waals surface area contributed by atoms with Gasteiger partial charge in [0.1, 0.15) is 10.6 Å². The van der Waals surface area contributed by atoms with Crippen LogP contribution in [0, 0.1) is 6.92 Å². The molecule has 32 heavy (non-hydrogen) atoms. The molecule has 1 aliphatic heterocycles. The number of carbonyl (C=O) groups excluding carboxylic acids is 1. The molecule has 2 heterocycles. The van der Waals surface area contributed by atoms with E-state index in [1.165, 1.54) is 25.6 Å². The third kappa shape index (κ3) is 4.26. The van der Waals surface area contributed by atoms with E-state index in [-0.39, 0.29) is 22.4 Å². The van der Waals surface area contributed by atoms with E-state index in [1.54, 1.807) is 42.2 Å². The van der Waals surface area contributed by atoms with E-state index in [0.717, 1.165) is 12.0 Å². The van der Waals surface area contributed by atoms with Gasteiger partial charge in [0.25, 0.3) is 15.9 Å². The number of rotatable bonds is 5. The van der Waals surface area contributed by atoms with Gasteiger partial charge in [-0.1, -0.05) is 11.6 Å². The van der Waals surface area contributed by atoms with Crippen molar-refractivity contribution in [2.24, 2.45) is 0 Å². The smallest absolute Gasteiger partial charge is 0.296 e. The standard InChI is InChI=1S/C22H21ClN4O4S/c1-14-11-19(31-2)20(13-17(14)23)32(29,30)26-16-6-7-18-15(12-16)5-3-10-27(18)22(28)21-24-8-4-9-25-21/h4,6-9,11-13,26H,3,5,10H2,1-2H3. The Hall–Kier alpha value is -3.17. The number of nitrogens with zero attached hydrogens (tertiary/aromatic N) is 3. The molecule has 0 aliphatic carbocycles. The van der Waals surface area contributed by atoms with E-state index in [0.29, 0.717) is 34.9 Å². The first kappa shape index (κ1) is 22.0. The van der Waals surface area contributed by atoms with Crippen LogP contribution in [0.2, 0.25) is 5.02 Å². The van der Waals surface area contributed by atoms with Gasteiger partial charge in [-0.05, 0) is 67.3 Å². The molecule has 1 N–H and O–H groups in total. The highest BCUT2D eigenvalue weighted by Crippen LogP contribution is 2.34. The van der Waals surface area contributed by atoms with E-state index >= 15 is 0 Å². The van der Waals surface area contributed by atoms with E-state index in [9.17, 15) is 13.2 Å². The molecule has 0 spiro atoms. The first-order valence-electron chi connectivity index (χ1n) is 9.89. The van der Waals surface area contributed by atoms with Crippen molar-refractivity contribution in [3.8, 4) is 5.75 Å². The van der Waals surface area contributed by atoms with Crippen LogP contribution < -0.4 is 14.4 Å². The molecule has 8 nitrogen and oxygen atoms in total. The molecule has 166 valence electrons. The molecule has 1 aromatic heterocycles. The summed E-state index contributed by atoms with van der Waals surface area (Å²) in [5.41, 5.74) is 2.67. The van der Waals surface area contributed by atoms with Crippen molar-refractivity contribution in [2.75, 3.05) is 23.3 Å². The summed E-state index contributed by atoms with van der Waals surface area (Å²) in [6, 6.07) is 9.69. The van der Waals surface area contributed by atoms with Crippen molar-refractivity contribution in [1.29, 1.82) is 0 Å². The fourth-order valence-corrected chi connectivity index (χ4v) is 5.07. The number of hydrogen-bond donors (Lipinski definition) is 1. The van der Waals surface area contributed by atoms with Gasteiger partial charge in [0.2, 0.25) is 5.82 Å².